The smallest absolute Gasteiger partial charge is 0.262 e. The van der Waals surface area contributed by atoms with Crippen LogP contribution in [-0.2, 0) is 13.8 Å². The van der Waals surface area contributed by atoms with Gasteiger partial charge in [0.15, 0.2) is 0 Å². The molecule has 1 amide bonds. The molecule has 0 saturated carbocycles. The van der Waals surface area contributed by atoms with Gasteiger partial charge in [0.05, 0.1) is 22.1 Å². The molecule has 0 spiro atoms. The SMILES string of the molecule is C=CCN(CCOC)C(=O)c1c(Cl)cccc1S(=O)(=O)Cl. The fourth-order valence-corrected chi connectivity index (χ4v) is 3.09. The maximum Gasteiger partial charge on any atom is 0.262 e. The van der Waals surface area contributed by atoms with Gasteiger partial charge in [0.1, 0.15) is 0 Å². The molecule has 21 heavy (non-hydrogen) atoms. The van der Waals surface area contributed by atoms with Gasteiger partial charge < -0.3 is 9.64 Å². The molecule has 5 nitrogen and oxygen atoms in total. The molecule has 0 aliphatic rings. The van der Waals surface area contributed by atoms with E-state index in [1.54, 1.807) is 0 Å². The lowest BCUT2D eigenvalue weighted by atomic mass is 10.2. The molecule has 8 heteroatoms. The standard InChI is InChI=1S/C13H15Cl2NO4S/c1-3-7-16(8-9-20-2)13(17)12-10(14)5-4-6-11(12)21(15,18)19/h3-6H,1,7-9H2,2H3. The van der Waals surface area contributed by atoms with E-state index in [2.05, 4.69) is 6.58 Å². The van der Waals surface area contributed by atoms with E-state index in [0.29, 0.717) is 6.61 Å². The Hall–Kier alpha value is -1.08. The van der Waals surface area contributed by atoms with Gasteiger partial charge in [0, 0.05) is 30.9 Å². The van der Waals surface area contributed by atoms with Crippen molar-refractivity contribution in [3.05, 3.63) is 41.4 Å². The Balaban J connectivity index is 3.30. The molecular formula is C13H15Cl2NO4S. The van der Waals surface area contributed by atoms with Crippen LogP contribution in [0.1, 0.15) is 10.4 Å². The highest BCUT2D eigenvalue weighted by Gasteiger charge is 2.26. The average Bonchev–Trinajstić information content (AvgIpc) is 2.41. The summed E-state index contributed by atoms with van der Waals surface area (Å²) >= 11 is 5.98. The highest BCUT2D eigenvalue weighted by atomic mass is 35.7. The molecule has 0 saturated heterocycles. The fraction of sp³-hybridized carbons (Fsp3) is 0.308. The van der Waals surface area contributed by atoms with Gasteiger partial charge in [-0.3, -0.25) is 4.79 Å². The lowest BCUT2D eigenvalue weighted by Gasteiger charge is -2.22. The molecular weight excluding hydrogens is 337 g/mol. The van der Waals surface area contributed by atoms with Crippen molar-refractivity contribution in [1.29, 1.82) is 0 Å². The number of carbonyl (C=O) groups is 1. The van der Waals surface area contributed by atoms with Crippen molar-refractivity contribution < 1.29 is 17.9 Å². The minimum Gasteiger partial charge on any atom is -0.383 e. The lowest BCUT2D eigenvalue weighted by Crippen LogP contribution is -2.35. The van der Waals surface area contributed by atoms with E-state index in [4.69, 9.17) is 27.0 Å². The number of rotatable bonds is 7. The molecule has 1 aromatic rings. The molecule has 116 valence electrons. The summed E-state index contributed by atoms with van der Waals surface area (Å²) in [5.41, 5.74) is -0.146. The van der Waals surface area contributed by atoms with Crippen molar-refractivity contribution in [3.63, 3.8) is 0 Å². The number of hydrogen-bond donors (Lipinski definition) is 0. The summed E-state index contributed by atoms with van der Waals surface area (Å²) in [7, 11) is 2.78. The number of carbonyl (C=O) groups excluding carboxylic acids is 1. The fourth-order valence-electron chi connectivity index (χ4n) is 1.71. The monoisotopic (exact) mass is 351 g/mol. The summed E-state index contributed by atoms with van der Waals surface area (Å²) in [6, 6.07) is 4.09. The van der Waals surface area contributed by atoms with E-state index in [9.17, 15) is 13.2 Å². The van der Waals surface area contributed by atoms with E-state index in [-0.39, 0.29) is 28.6 Å². The molecule has 0 fully saturated rings. The second-order valence-electron chi connectivity index (χ2n) is 4.08. The maximum absolute atomic E-state index is 12.5. The third-order valence-corrected chi connectivity index (χ3v) is 4.33. The first-order valence-corrected chi connectivity index (χ1v) is 8.64. The summed E-state index contributed by atoms with van der Waals surface area (Å²) in [5.74, 6) is -0.545. The van der Waals surface area contributed by atoms with Crippen LogP contribution in [0.15, 0.2) is 35.7 Å². The normalized spacial score (nSPS) is 11.2. The van der Waals surface area contributed by atoms with Gasteiger partial charge in [-0.25, -0.2) is 8.42 Å². The number of nitrogens with zero attached hydrogens (tertiary/aromatic N) is 1. The summed E-state index contributed by atoms with van der Waals surface area (Å²) in [4.78, 5) is 13.6. The summed E-state index contributed by atoms with van der Waals surface area (Å²) in [5, 5.41) is 0.0215. The highest BCUT2D eigenvalue weighted by molar-refractivity contribution is 8.13. The number of benzene rings is 1. The van der Waals surface area contributed by atoms with Gasteiger partial charge in [-0.05, 0) is 12.1 Å². The van der Waals surface area contributed by atoms with Crippen molar-refractivity contribution in [1.82, 2.24) is 4.90 Å². The number of halogens is 2. The molecule has 0 aliphatic carbocycles. The van der Waals surface area contributed by atoms with Gasteiger partial charge >= 0.3 is 0 Å². The Labute approximate surface area is 133 Å². The molecule has 0 aliphatic heterocycles. The molecule has 0 unspecified atom stereocenters. The third kappa shape index (κ3) is 4.71. The zero-order valence-corrected chi connectivity index (χ0v) is 13.7. The van der Waals surface area contributed by atoms with E-state index < -0.39 is 15.0 Å². The van der Waals surface area contributed by atoms with E-state index in [1.165, 1.54) is 36.3 Å². The number of hydrogen-bond acceptors (Lipinski definition) is 4. The largest absolute Gasteiger partial charge is 0.383 e. The molecule has 0 bridgehead atoms. The molecule has 0 radical (unpaired) electrons. The van der Waals surface area contributed by atoms with Crippen molar-refractivity contribution in [2.45, 2.75) is 4.90 Å². The van der Waals surface area contributed by atoms with Crippen LogP contribution in [0.4, 0.5) is 0 Å². The lowest BCUT2D eigenvalue weighted by molar-refractivity contribution is 0.0714. The van der Waals surface area contributed by atoms with Crippen molar-refractivity contribution in [3.8, 4) is 0 Å². The van der Waals surface area contributed by atoms with Crippen LogP contribution < -0.4 is 0 Å². The molecule has 1 aromatic carbocycles. The number of amides is 1. The number of ether oxygens (including phenoxy) is 1. The van der Waals surface area contributed by atoms with Crippen LogP contribution in [0.2, 0.25) is 5.02 Å². The van der Waals surface area contributed by atoms with Crippen LogP contribution in [-0.4, -0.2) is 46.0 Å². The second kappa shape index (κ2) is 7.79. The average molecular weight is 352 g/mol. The quantitative estimate of drug-likeness (QED) is 0.559. The Bertz CT molecular complexity index is 631. The Kier molecular flexibility index (Phi) is 6.67. The predicted octanol–water partition coefficient (Wildman–Crippen LogP) is 2.54. The third-order valence-electron chi connectivity index (χ3n) is 2.65. The minimum atomic E-state index is -4.09. The first kappa shape index (κ1) is 18.0. The summed E-state index contributed by atoms with van der Waals surface area (Å²) in [6.07, 6.45) is 1.53. The second-order valence-corrected chi connectivity index (χ2v) is 7.03. The Morgan fingerprint density at radius 2 is 2.14 bits per heavy atom. The highest BCUT2D eigenvalue weighted by Crippen LogP contribution is 2.27. The molecule has 0 aromatic heterocycles. The maximum atomic E-state index is 12.5. The molecule has 0 N–H and O–H groups in total. The first-order valence-electron chi connectivity index (χ1n) is 5.95. The first-order chi connectivity index (χ1) is 9.82. The van der Waals surface area contributed by atoms with Crippen molar-refractivity contribution >= 4 is 37.2 Å². The van der Waals surface area contributed by atoms with Gasteiger partial charge in [-0.2, -0.15) is 0 Å². The summed E-state index contributed by atoms with van der Waals surface area (Å²) in [6.45, 7) is 4.37. The Morgan fingerprint density at radius 1 is 1.48 bits per heavy atom. The zero-order valence-electron chi connectivity index (χ0n) is 11.4. The predicted molar refractivity (Wildman–Crippen MR) is 82.5 cm³/mol. The van der Waals surface area contributed by atoms with Crippen molar-refractivity contribution in [2.24, 2.45) is 0 Å². The topological polar surface area (TPSA) is 63.7 Å². The van der Waals surface area contributed by atoms with Gasteiger partial charge in [-0.15, -0.1) is 6.58 Å². The minimum absolute atomic E-state index is 0.0215. The van der Waals surface area contributed by atoms with Gasteiger partial charge in [0.2, 0.25) is 0 Å². The summed E-state index contributed by atoms with van der Waals surface area (Å²) < 4.78 is 28.1. The van der Waals surface area contributed by atoms with Gasteiger partial charge in [0.25, 0.3) is 15.0 Å². The van der Waals surface area contributed by atoms with E-state index in [0.717, 1.165) is 0 Å². The molecule has 0 heterocycles. The zero-order chi connectivity index (χ0) is 16.0. The van der Waals surface area contributed by atoms with Crippen LogP contribution >= 0.6 is 22.3 Å². The molecule has 0 atom stereocenters. The Morgan fingerprint density at radius 3 is 2.67 bits per heavy atom. The van der Waals surface area contributed by atoms with Crippen LogP contribution in [0.25, 0.3) is 0 Å². The van der Waals surface area contributed by atoms with Gasteiger partial charge in [-0.1, -0.05) is 23.7 Å². The van der Waals surface area contributed by atoms with Crippen LogP contribution in [0.3, 0.4) is 0 Å². The van der Waals surface area contributed by atoms with Crippen LogP contribution in [0.5, 0.6) is 0 Å². The molecule has 1 rings (SSSR count). The van der Waals surface area contributed by atoms with Crippen molar-refractivity contribution in [2.75, 3.05) is 26.8 Å². The van der Waals surface area contributed by atoms with E-state index >= 15 is 0 Å². The number of methoxy groups -OCH3 is 1. The van der Waals surface area contributed by atoms with Crippen LogP contribution in [0, 0.1) is 0 Å². The van der Waals surface area contributed by atoms with E-state index in [1.807, 2.05) is 0 Å².